The van der Waals surface area contributed by atoms with Gasteiger partial charge in [-0.15, -0.1) is 0 Å². The van der Waals surface area contributed by atoms with Crippen molar-refractivity contribution in [3.63, 3.8) is 0 Å². The van der Waals surface area contributed by atoms with E-state index in [-0.39, 0.29) is 35.9 Å². The minimum Gasteiger partial charge on any atom is -0.497 e. The normalized spacial score (nSPS) is 14.9. The second-order valence-corrected chi connectivity index (χ2v) is 9.65. The Labute approximate surface area is 199 Å². The maximum atomic E-state index is 13.3. The lowest BCUT2D eigenvalue weighted by Gasteiger charge is -2.31. The van der Waals surface area contributed by atoms with Gasteiger partial charge < -0.3 is 15.0 Å². The van der Waals surface area contributed by atoms with Crippen molar-refractivity contribution in [2.75, 3.05) is 20.2 Å². The average Bonchev–Trinajstić information content (AvgIpc) is 3.03. The molecule has 0 bridgehead atoms. The number of ether oxygens (including phenoxy) is 1. The molecule has 182 valence electrons. The number of carbonyl (C=O) groups is 3. The molecule has 3 amide bonds. The summed E-state index contributed by atoms with van der Waals surface area (Å²) in [5, 5.41) is 2.75. The van der Waals surface area contributed by atoms with Crippen LogP contribution in [0.3, 0.4) is 0 Å². The lowest BCUT2D eigenvalue weighted by atomic mass is 10.1. The number of hydrogen-bond donors (Lipinski definition) is 1. The summed E-state index contributed by atoms with van der Waals surface area (Å²) in [5.74, 6) is -0.701. The Hall–Kier alpha value is -3.40. The van der Waals surface area contributed by atoms with Crippen LogP contribution in [-0.2, 0) is 26.2 Å². The quantitative estimate of drug-likeness (QED) is 0.550. The van der Waals surface area contributed by atoms with Crippen molar-refractivity contribution in [2.45, 2.75) is 44.2 Å². The molecular weight excluding hydrogens is 458 g/mol. The lowest BCUT2D eigenvalue weighted by Crippen LogP contribution is -2.49. The Bertz CT molecular complexity index is 1160. The Kier molecular flexibility index (Phi) is 7.93. The maximum Gasteiger partial charge on any atom is 0.269 e. The van der Waals surface area contributed by atoms with E-state index in [1.54, 1.807) is 57.4 Å². The fraction of sp³-hybridized carbons (Fsp3) is 0.375. The molecule has 9 nitrogen and oxygen atoms in total. The summed E-state index contributed by atoms with van der Waals surface area (Å²) < 4.78 is 31.5. The molecule has 2 aromatic rings. The van der Waals surface area contributed by atoms with Gasteiger partial charge in [0.1, 0.15) is 16.7 Å². The average molecular weight is 488 g/mol. The van der Waals surface area contributed by atoms with E-state index in [4.69, 9.17) is 4.74 Å². The standard InChI is InChI=1S/C24H29N3O6S/c1-4-20(23(29)25-5-2)26(16-17-10-12-18(33-3)13-11-17)22(28)14-15-27-24(30)19-8-6-7-9-21(19)34(27,31)32/h6-13,20H,4-5,14-16H2,1-3H3,(H,25,29)/t20-/m0/s1. The molecule has 1 atom stereocenters. The molecule has 1 heterocycles. The predicted molar refractivity (Wildman–Crippen MR) is 126 cm³/mol. The fourth-order valence-corrected chi connectivity index (χ4v) is 5.50. The monoisotopic (exact) mass is 487 g/mol. The first-order valence-corrected chi connectivity index (χ1v) is 12.5. The van der Waals surface area contributed by atoms with Gasteiger partial charge in [-0.1, -0.05) is 31.2 Å². The number of methoxy groups -OCH3 is 1. The van der Waals surface area contributed by atoms with E-state index >= 15 is 0 Å². The number of rotatable bonds is 10. The number of sulfonamides is 1. The predicted octanol–water partition coefficient (Wildman–Crippen LogP) is 2.17. The van der Waals surface area contributed by atoms with E-state index in [9.17, 15) is 22.8 Å². The van der Waals surface area contributed by atoms with Crippen LogP contribution in [0, 0.1) is 0 Å². The summed E-state index contributed by atoms with van der Waals surface area (Å²) >= 11 is 0. The highest BCUT2D eigenvalue weighted by Gasteiger charge is 2.41. The summed E-state index contributed by atoms with van der Waals surface area (Å²) in [7, 11) is -2.46. The van der Waals surface area contributed by atoms with Crippen LogP contribution in [0.25, 0.3) is 0 Å². The molecule has 0 saturated heterocycles. The zero-order valence-corrected chi connectivity index (χ0v) is 20.3. The second-order valence-electron chi connectivity index (χ2n) is 7.82. The van der Waals surface area contributed by atoms with Gasteiger partial charge in [0, 0.05) is 26.1 Å². The van der Waals surface area contributed by atoms with Gasteiger partial charge in [-0.05, 0) is 43.2 Å². The van der Waals surface area contributed by atoms with E-state index in [1.165, 1.54) is 17.0 Å². The number of carbonyl (C=O) groups excluding carboxylic acids is 3. The molecule has 3 rings (SSSR count). The van der Waals surface area contributed by atoms with Gasteiger partial charge in [0.2, 0.25) is 11.8 Å². The molecule has 0 fully saturated rings. The first kappa shape index (κ1) is 25.2. The molecule has 10 heteroatoms. The van der Waals surface area contributed by atoms with Gasteiger partial charge in [-0.3, -0.25) is 14.4 Å². The Morgan fingerprint density at radius 1 is 1.09 bits per heavy atom. The third kappa shape index (κ3) is 5.06. The Morgan fingerprint density at radius 3 is 2.35 bits per heavy atom. The van der Waals surface area contributed by atoms with Crippen LogP contribution in [0.15, 0.2) is 53.4 Å². The summed E-state index contributed by atoms with van der Waals surface area (Å²) in [6.45, 7) is 3.86. The van der Waals surface area contributed by atoms with E-state index in [2.05, 4.69) is 5.32 Å². The Balaban J connectivity index is 1.82. The van der Waals surface area contributed by atoms with Gasteiger partial charge in [-0.2, -0.15) is 0 Å². The third-order valence-electron chi connectivity index (χ3n) is 5.69. The van der Waals surface area contributed by atoms with Crippen molar-refractivity contribution in [3.8, 4) is 5.75 Å². The van der Waals surface area contributed by atoms with Crippen LogP contribution in [0.2, 0.25) is 0 Å². The zero-order chi connectivity index (χ0) is 24.9. The van der Waals surface area contributed by atoms with Gasteiger partial charge >= 0.3 is 0 Å². The molecule has 0 unspecified atom stereocenters. The maximum absolute atomic E-state index is 13.3. The highest BCUT2D eigenvalue weighted by atomic mass is 32.2. The van der Waals surface area contributed by atoms with E-state index in [0.717, 1.165) is 9.87 Å². The van der Waals surface area contributed by atoms with Gasteiger partial charge in [0.05, 0.1) is 12.7 Å². The first-order chi connectivity index (χ1) is 16.2. The van der Waals surface area contributed by atoms with E-state index < -0.39 is 27.9 Å². The van der Waals surface area contributed by atoms with Crippen molar-refractivity contribution in [1.82, 2.24) is 14.5 Å². The number of nitrogens with zero attached hydrogens (tertiary/aromatic N) is 2. The topological polar surface area (TPSA) is 113 Å². The van der Waals surface area contributed by atoms with E-state index in [0.29, 0.717) is 18.7 Å². The van der Waals surface area contributed by atoms with Crippen LogP contribution in [0.5, 0.6) is 5.75 Å². The van der Waals surface area contributed by atoms with Crippen molar-refractivity contribution in [2.24, 2.45) is 0 Å². The summed E-state index contributed by atoms with van der Waals surface area (Å²) in [6, 6.07) is 12.4. The smallest absolute Gasteiger partial charge is 0.269 e. The first-order valence-electron chi connectivity index (χ1n) is 11.1. The number of likely N-dealkylation sites (N-methyl/N-ethyl adjacent to an activating group) is 1. The van der Waals surface area contributed by atoms with E-state index in [1.807, 2.05) is 0 Å². The minimum atomic E-state index is -4.01. The van der Waals surface area contributed by atoms with Crippen LogP contribution < -0.4 is 10.1 Å². The molecule has 0 radical (unpaired) electrons. The third-order valence-corrected chi connectivity index (χ3v) is 7.53. The molecule has 0 aliphatic carbocycles. The van der Waals surface area contributed by atoms with Crippen molar-refractivity contribution in [3.05, 3.63) is 59.7 Å². The van der Waals surface area contributed by atoms with Gasteiger partial charge in [0.25, 0.3) is 15.9 Å². The molecule has 2 aromatic carbocycles. The summed E-state index contributed by atoms with van der Waals surface area (Å²) in [4.78, 5) is 40.1. The largest absolute Gasteiger partial charge is 0.497 e. The molecule has 1 N–H and O–H groups in total. The number of nitrogens with one attached hydrogen (secondary N) is 1. The second kappa shape index (κ2) is 10.7. The SMILES string of the molecule is CCNC(=O)[C@H](CC)N(Cc1ccc(OC)cc1)C(=O)CCN1C(=O)c2ccccc2S1(=O)=O. The summed E-state index contributed by atoms with van der Waals surface area (Å²) in [6.07, 6.45) is 0.130. The lowest BCUT2D eigenvalue weighted by molar-refractivity contribution is -0.141. The molecule has 0 saturated carbocycles. The van der Waals surface area contributed by atoms with Crippen LogP contribution in [0.1, 0.15) is 42.6 Å². The fourth-order valence-electron chi connectivity index (χ4n) is 3.93. The number of fused-ring (bicyclic) bond motifs is 1. The molecular formula is C24H29N3O6S. The van der Waals surface area contributed by atoms with Crippen molar-refractivity contribution < 1.29 is 27.5 Å². The highest BCUT2D eigenvalue weighted by Crippen LogP contribution is 2.30. The van der Waals surface area contributed by atoms with Crippen molar-refractivity contribution in [1.29, 1.82) is 0 Å². The van der Waals surface area contributed by atoms with Gasteiger partial charge in [0.15, 0.2) is 0 Å². The Morgan fingerprint density at radius 2 is 1.76 bits per heavy atom. The molecule has 1 aliphatic heterocycles. The van der Waals surface area contributed by atoms with Gasteiger partial charge in [-0.25, -0.2) is 12.7 Å². The highest BCUT2D eigenvalue weighted by molar-refractivity contribution is 7.90. The molecule has 34 heavy (non-hydrogen) atoms. The van der Waals surface area contributed by atoms with Crippen LogP contribution >= 0.6 is 0 Å². The molecule has 0 aromatic heterocycles. The number of amides is 3. The molecule has 0 spiro atoms. The van der Waals surface area contributed by atoms with Crippen molar-refractivity contribution >= 4 is 27.7 Å². The number of benzene rings is 2. The van der Waals surface area contributed by atoms with Crippen LogP contribution in [-0.4, -0.2) is 61.6 Å². The zero-order valence-electron chi connectivity index (χ0n) is 19.5. The molecule has 1 aliphatic rings. The van der Waals surface area contributed by atoms with Crippen LogP contribution in [0.4, 0.5) is 0 Å². The summed E-state index contributed by atoms with van der Waals surface area (Å²) in [5.41, 5.74) is 0.882. The minimum absolute atomic E-state index is 0.0590. The number of hydrogen-bond acceptors (Lipinski definition) is 6.